The fourth-order valence-electron chi connectivity index (χ4n) is 2.33. The molecule has 0 radical (unpaired) electrons. The first-order chi connectivity index (χ1) is 10.1. The lowest BCUT2D eigenvalue weighted by atomic mass is 10.2. The van der Waals surface area contributed by atoms with Crippen LogP contribution in [-0.2, 0) is 0 Å². The highest BCUT2D eigenvalue weighted by atomic mass is 35.5. The van der Waals surface area contributed by atoms with Crippen molar-refractivity contribution in [2.75, 3.05) is 38.0 Å². The summed E-state index contributed by atoms with van der Waals surface area (Å²) in [7, 11) is 0. The maximum atomic E-state index is 13.1. The number of piperazine rings is 1. The third-order valence-electron chi connectivity index (χ3n) is 3.66. The van der Waals surface area contributed by atoms with Gasteiger partial charge in [0.05, 0.1) is 5.02 Å². The zero-order valence-corrected chi connectivity index (χ0v) is 13.0. The van der Waals surface area contributed by atoms with Crippen LogP contribution in [0.5, 0.6) is 0 Å². The lowest BCUT2D eigenvalue weighted by Crippen LogP contribution is -2.50. The second-order valence-electron chi connectivity index (χ2n) is 5.24. The molecule has 0 spiro atoms. The zero-order chi connectivity index (χ0) is 15.2. The summed E-state index contributed by atoms with van der Waals surface area (Å²) >= 11 is 5.70. The average Bonchev–Trinajstić information content (AvgIpc) is 2.49. The van der Waals surface area contributed by atoms with Crippen molar-refractivity contribution in [2.24, 2.45) is 0 Å². The van der Waals surface area contributed by atoms with Crippen LogP contribution in [0.2, 0.25) is 5.02 Å². The molecule has 1 saturated heterocycles. The van der Waals surface area contributed by atoms with Crippen LogP contribution in [0.1, 0.15) is 19.8 Å². The molecule has 1 N–H and O–H groups in total. The highest BCUT2D eigenvalue weighted by molar-refractivity contribution is 6.31. The molecule has 1 aliphatic heterocycles. The third kappa shape index (κ3) is 4.58. The van der Waals surface area contributed by atoms with E-state index in [1.165, 1.54) is 31.0 Å². The van der Waals surface area contributed by atoms with Crippen LogP contribution in [0.4, 0.5) is 14.9 Å². The van der Waals surface area contributed by atoms with Crippen LogP contribution in [-0.4, -0.2) is 48.6 Å². The molecule has 1 aromatic carbocycles. The van der Waals surface area contributed by atoms with Crippen molar-refractivity contribution >= 4 is 23.3 Å². The molecule has 116 valence electrons. The molecule has 1 heterocycles. The van der Waals surface area contributed by atoms with Gasteiger partial charge in [-0.05, 0) is 31.2 Å². The predicted octanol–water partition coefficient (Wildman–Crippen LogP) is 3.43. The van der Waals surface area contributed by atoms with Gasteiger partial charge >= 0.3 is 6.03 Å². The second kappa shape index (κ2) is 7.61. The van der Waals surface area contributed by atoms with E-state index in [2.05, 4.69) is 17.1 Å². The molecule has 0 unspecified atom stereocenters. The van der Waals surface area contributed by atoms with Gasteiger partial charge in [0.15, 0.2) is 0 Å². The lowest BCUT2D eigenvalue weighted by molar-refractivity contribution is 0.146. The first kappa shape index (κ1) is 16.0. The summed E-state index contributed by atoms with van der Waals surface area (Å²) in [6.45, 7) is 6.50. The SMILES string of the molecule is CCCCN1CCN(C(=O)Nc2ccc(F)c(Cl)c2)CC1. The van der Waals surface area contributed by atoms with Crippen LogP contribution in [0.25, 0.3) is 0 Å². The fourth-order valence-corrected chi connectivity index (χ4v) is 2.51. The van der Waals surface area contributed by atoms with Gasteiger partial charge in [-0.25, -0.2) is 9.18 Å². The molecule has 0 bridgehead atoms. The molecular formula is C15H21ClFN3O. The number of nitrogens with one attached hydrogen (secondary N) is 1. The van der Waals surface area contributed by atoms with Gasteiger partial charge in [0.25, 0.3) is 0 Å². The van der Waals surface area contributed by atoms with Crippen molar-refractivity contribution in [3.8, 4) is 0 Å². The van der Waals surface area contributed by atoms with E-state index in [1.54, 1.807) is 4.90 Å². The molecule has 0 aromatic heterocycles. The Bertz CT molecular complexity index is 490. The number of carbonyl (C=O) groups is 1. The van der Waals surface area contributed by atoms with Crippen LogP contribution in [0, 0.1) is 5.82 Å². The number of hydrogen-bond acceptors (Lipinski definition) is 2. The van der Waals surface area contributed by atoms with Crippen LogP contribution in [0.15, 0.2) is 18.2 Å². The molecule has 6 heteroatoms. The van der Waals surface area contributed by atoms with E-state index in [1.807, 2.05) is 0 Å². The zero-order valence-electron chi connectivity index (χ0n) is 12.2. The van der Waals surface area contributed by atoms with Crippen LogP contribution in [0.3, 0.4) is 0 Å². The predicted molar refractivity (Wildman–Crippen MR) is 83.3 cm³/mol. The minimum atomic E-state index is -0.487. The average molecular weight is 314 g/mol. The third-order valence-corrected chi connectivity index (χ3v) is 3.95. The Balaban J connectivity index is 1.83. The highest BCUT2D eigenvalue weighted by Gasteiger charge is 2.20. The standard InChI is InChI=1S/C15H21ClFN3O/c1-2-3-6-19-7-9-20(10-8-19)15(21)18-12-4-5-14(17)13(16)11-12/h4-5,11H,2-3,6-10H2,1H3,(H,18,21). The largest absolute Gasteiger partial charge is 0.322 e. The smallest absolute Gasteiger partial charge is 0.321 e. The number of benzene rings is 1. The van der Waals surface area contributed by atoms with Gasteiger partial charge in [-0.3, -0.25) is 4.90 Å². The summed E-state index contributed by atoms with van der Waals surface area (Å²) in [5.41, 5.74) is 0.514. The Morgan fingerprint density at radius 3 is 2.67 bits per heavy atom. The van der Waals surface area contributed by atoms with Crippen LogP contribution < -0.4 is 5.32 Å². The summed E-state index contributed by atoms with van der Waals surface area (Å²) < 4.78 is 13.1. The molecule has 0 atom stereocenters. The summed E-state index contributed by atoms with van der Waals surface area (Å²) in [6, 6.07) is 4.02. The van der Waals surface area contributed by atoms with Crippen LogP contribution >= 0.6 is 11.6 Å². The monoisotopic (exact) mass is 313 g/mol. The fraction of sp³-hybridized carbons (Fsp3) is 0.533. The molecule has 1 fully saturated rings. The Kier molecular flexibility index (Phi) is 5.82. The Morgan fingerprint density at radius 2 is 2.05 bits per heavy atom. The number of carbonyl (C=O) groups excluding carboxylic acids is 1. The maximum absolute atomic E-state index is 13.1. The molecule has 0 saturated carbocycles. The number of hydrogen-bond donors (Lipinski definition) is 1. The molecule has 2 rings (SSSR count). The normalized spacial score (nSPS) is 16.0. The Morgan fingerprint density at radius 1 is 1.33 bits per heavy atom. The number of amides is 2. The van der Waals surface area contributed by atoms with Gasteiger partial charge in [0.2, 0.25) is 0 Å². The molecule has 1 aliphatic rings. The summed E-state index contributed by atoms with van der Waals surface area (Å²) in [5.74, 6) is -0.487. The minimum Gasteiger partial charge on any atom is -0.322 e. The molecule has 21 heavy (non-hydrogen) atoms. The van der Waals surface area contributed by atoms with Gasteiger partial charge in [0, 0.05) is 31.9 Å². The molecule has 1 aromatic rings. The van der Waals surface area contributed by atoms with Gasteiger partial charge < -0.3 is 10.2 Å². The highest BCUT2D eigenvalue weighted by Crippen LogP contribution is 2.19. The number of unbranched alkanes of at least 4 members (excludes halogenated alkanes) is 1. The van der Waals surface area contributed by atoms with Gasteiger partial charge in [-0.2, -0.15) is 0 Å². The van der Waals surface area contributed by atoms with Crippen molar-refractivity contribution < 1.29 is 9.18 Å². The van der Waals surface area contributed by atoms with Gasteiger partial charge in [0.1, 0.15) is 5.82 Å². The van der Waals surface area contributed by atoms with E-state index in [-0.39, 0.29) is 11.1 Å². The Labute approximate surface area is 129 Å². The van der Waals surface area contributed by atoms with E-state index in [4.69, 9.17) is 11.6 Å². The van der Waals surface area contributed by atoms with E-state index < -0.39 is 5.82 Å². The molecule has 2 amide bonds. The Hall–Kier alpha value is -1.33. The van der Waals surface area contributed by atoms with Gasteiger partial charge in [-0.1, -0.05) is 24.9 Å². The summed E-state index contributed by atoms with van der Waals surface area (Å²) in [4.78, 5) is 16.3. The van der Waals surface area contributed by atoms with E-state index in [9.17, 15) is 9.18 Å². The van der Waals surface area contributed by atoms with Crippen molar-refractivity contribution in [3.63, 3.8) is 0 Å². The first-order valence-electron chi connectivity index (χ1n) is 7.33. The van der Waals surface area contributed by atoms with Crippen molar-refractivity contribution in [3.05, 3.63) is 29.0 Å². The number of anilines is 1. The quantitative estimate of drug-likeness (QED) is 0.924. The van der Waals surface area contributed by atoms with Gasteiger partial charge in [-0.15, -0.1) is 0 Å². The van der Waals surface area contributed by atoms with E-state index >= 15 is 0 Å². The lowest BCUT2D eigenvalue weighted by Gasteiger charge is -2.34. The topological polar surface area (TPSA) is 35.6 Å². The second-order valence-corrected chi connectivity index (χ2v) is 5.65. The molecule has 4 nitrogen and oxygen atoms in total. The number of rotatable bonds is 4. The molecular weight excluding hydrogens is 293 g/mol. The molecule has 0 aliphatic carbocycles. The number of urea groups is 1. The van der Waals surface area contributed by atoms with Crippen molar-refractivity contribution in [1.82, 2.24) is 9.80 Å². The number of halogens is 2. The van der Waals surface area contributed by atoms with E-state index in [0.29, 0.717) is 18.8 Å². The summed E-state index contributed by atoms with van der Waals surface area (Å²) in [5, 5.41) is 2.77. The van der Waals surface area contributed by atoms with E-state index in [0.717, 1.165) is 19.6 Å². The van der Waals surface area contributed by atoms with Crippen molar-refractivity contribution in [1.29, 1.82) is 0 Å². The first-order valence-corrected chi connectivity index (χ1v) is 7.71. The maximum Gasteiger partial charge on any atom is 0.321 e. The van der Waals surface area contributed by atoms with Crippen molar-refractivity contribution in [2.45, 2.75) is 19.8 Å². The summed E-state index contributed by atoms with van der Waals surface area (Å²) in [6.07, 6.45) is 2.38. The minimum absolute atomic E-state index is 0.0113. The number of nitrogens with zero attached hydrogens (tertiary/aromatic N) is 2.